The van der Waals surface area contributed by atoms with E-state index in [1.807, 2.05) is 6.08 Å². The number of aliphatic hydroxyl groups excluding tert-OH is 2. The minimum atomic E-state index is -0.842. The van der Waals surface area contributed by atoms with E-state index in [2.05, 4.69) is 43.5 Å². The summed E-state index contributed by atoms with van der Waals surface area (Å²) in [6.07, 6.45) is 92.6. The number of rotatable bonds is 70. The van der Waals surface area contributed by atoms with E-state index in [0.717, 1.165) is 44.9 Å². The zero-order valence-corrected chi connectivity index (χ0v) is 55.5. The molecular weight excluding hydrogens is 1010 g/mol. The number of esters is 1. The van der Waals surface area contributed by atoms with E-state index in [1.54, 1.807) is 6.08 Å². The third kappa shape index (κ3) is 67.2. The number of nitrogens with one attached hydrogen (secondary N) is 1. The summed E-state index contributed by atoms with van der Waals surface area (Å²) in [7, 11) is 0. The molecule has 3 N–H and O–H groups in total. The van der Waals surface area contributed by atoms with Crippen molar-refractivity contribution in [3.05, 3.63) is 36.5 Å². The predicted molar refractivity (Wildman–Crippen MR) is 361 cm³/mol. The van der Waals surface area contributed by atoms with Crippen LogP contribution in [0.2, 0.25) is 0 Å². The van der Waals surface area contributed by atoms with Crippen LogP contribution < -0.4 is 5.32 Å². The van der Waals surface area contributed by atoms with Gasteiger partial charge in [0.1, 0.15) is 0 Å². The molecule has 0 aromatic rings. The number of hydrogen-bond acceptors (Lipinski definition) is 5. The van der Waals surface area contributed by atoms with E-state index in [9.17, 15) is 19.8 Å². The smallest absolute Gasteiger partial charge is 0.305 e. The zero-order valence-electron chi connectivity index (χ0n) is 55.5. The van der Waals surface area contributed by atoms with Crippen molar-refractivity contribution in [1.29, 1.82) is 0 Å². The summed E-state index contributed by atoms with van der Waals surface area (Å²) in [5, 5.41) is 23.1. The highest BCUT2D eigenvalue weighted by Crippen LogP contribution is 2.19. The molecule has 2 unspecified atom stereocenters. The van der Waals surface area contributed by atoms with E-state index < -0.39 is 12.1 Å². The molecule has 6 nitrogen and oxygen atoms in total. The van der Waals surface area contributed by atoms with Crippen molar-refractivity contribution in [3.8, 4) is 0 Å². The van der Waals surface area contributed by atoms with Crippen molar-refractivity contribution in [1.82, 2.24) is 5.32 Å². The van der Waals surface area contributed by atoms with Gasteiger partial charge in [-0.3, -0.25) is 9.59 Å². The summed E-state index contributed by atoms with van der Waals surface area (Å²) in [6.45, 7) is 4.93. The van der Waals surface area contributed by atoms with Gasteiger partial charge in [0, 0.05) is 12.8 Å². The Bertz CT molecular complexity index is 1330. The van der Waals surface area contributed by atoms with Crippen LogP contribution in [0.4, 0.5) is 0 Å². The predicted octanol–water partition coefficient (Wildman–Crippen LogP) is 24.3. The Morgan fingerprint density at radius 2 is 0.610 bits per heavy atom. The summed E-state index contributed by atoms with van der Waals surface area (Å²) >= 11 is 0. The fraction of sp³-hybridized carbons (Fsp3) is 0.895. The second-order valence-electron chi connectivity index (χ2n) is 25.6. The first-order valence-corrected chi connectivity index (χ1v) is 37.3. The highest BCUT2D eigenvalue weighted by Gasteiger charge is 2.18. The Labute approximate surface area is 513 Å². The average molecular weight is 1150 g/mol. The lowest BCUT2D eigenvalue weighted by Gasteiger charge is -2.20. The molecule has 0 spiro atoms. The van der Waals surface area contributed by atoms with Gasteiger partial charge in [-0.15, -0.1) is 0 Å². The molecule has 0 aliphatic rings. The van der Waals surface area contributed by atoms with Crippen molar-refractivity contribution in [3.63, 3.8) is 0 Å². The standard InChI is InChI=1S/C76H145NO5/c1-3-5-7-9-11-13-15-17-18-19-40-43-46-50-54-58-62-66-70-76(81)82-71-67-63-59-55-51-47-44-41-38-36-34-32-30-28-26-24-22-20-21-23-25-27-29-31-33-35-37-39-42-45-49-53-57-61-65-69-75(80)77-73(72-78)74(79)68-64-60-56-52-48-16-14-12-10-8-6-4-2/h22,24,28,30,64,68,73-74,78-79H,3-21,23,25-27,29,31-63,65-67,69-72H2,1-2H3,(H,77,80)/b24-22-,30-28-,68-64+. The van der Waals surface area contributed by atoms with E-state index in [4.69, 9.17) is 4.74 Å². The van der Waals surface area contributed by atoms with Crippen LogP contribution in [-0.4, -0.2) is 47.4 Å². The number of amides is 1. The van der Waals surface area contributed by atoms with E-state index >= 15 is 0 Å². The number of aliphatic hydroxyl groups is 2. The second kappa shape index (κ2) is 71.6. The first-order valence-electron chi connectivity index (χ1n) is 37.3. The molecule has 0 aliphatic carbocycles. The van der Waals surface area contributed by atoms with Crippen molar-refractivity contribution in [2.45, 2.75) is 424 Å². The van der Waals surface area contributed by atoms with Gasteiger partial charge >= 0.3 is 5.97 Å². The number of unbranched alkanes of at least 4 members (excludes halogenated alkanes) is 55. The molecule has 0 saturated heterocycles. The molecular formula is C76H145NO5. The van der Waals surface area contributed by atoms with Crippen molar-refractivity contribution in [2.75, 3.05) is 13.2 Å². The van der Waals surface area contributed by atoms with Crippen LogP contribution in [-0.2, 0) is 14.3 Å². The maximum Gasteiger partial charge on any atom is 0.305 e. The summed E-state index contributed by atoms with van der Waals surface area (Å²) in [5.74, 6) is -0.0433. The Morgan fingerprint density at radius 3 is 0.927 bits per heavy atom. The lowest BCUT2D eigenvalue weighted by molar-refractivity contribution is -0.143. The van der Waals surface area contributed by atoms with Gasteiger partial charge in [-0.05, 0) is 64.2 Å². The van der Waals surface area contributed by atoms with Gasteiger partial charge in [-0.1, -0.05) is 371 Å². The minimum Gasteiger partial charge on any atom is -0.466 e. The van der Waals surface area contributed by atoms with Crippen LogP contribution in [0.15, 0.2) is 36.5 Å². The monoisotopic (exact) mass is 1150 g/mol. The molecule has 0 radical (unpaired) electrons. The third-order valence-corrected chi connectivity index (χ3v) is 17.4. The molecule has 6 heteroatoms. The number of carbonyl (C=O) groups is 2. The quantitative estimate of drug-likeness (QED) is 0.0320. The minimum absolute atomic E-state index is 0.0215. The first-order chi connectivity index (χ1) is 40.5. The molecule has 0 aromatic carbocycles. The summed E-state index contributed by atoms with van der Waals surface area (Å²) in [5.41, 5.74) is 0. The maximum atomic E-state index is 12.5. The molecule has 82 heavy (non-hydrogen) atoms. The van der Waals surface area contributed by atoms with Crippen LogP contribution in [0.25, 0.3) is 0 Å². The molecule has 0 aromatic heterocycles. The number of carbonyl (C=O) groups excluding carboxylic acids is 2. The summed E-state index contributed by atoms with van der Waals surface area (Å²) in [6, 6.07) is -0.625. The molecule has 0 bridgehead atoms. The van der Waals surface area contributed by atoms with E-state index in [-0.39, 0.29) is 18.5 Å². The van der Waals surface area contributed by atoms with Gasteiger partial charge in [-0.25, -0.2) is 0 Å². The number of ether oxygens (including phenoxy) is 1. The molecule has 0 saturated carbocycles. The normalized spacial score (nSPS) is 12.7. The van der Waals surface area contributed by atoms with Gasteiger partial charge in [-0.2, -0.15) is 0 Å². The van der Waals surface area contributed by atoms with Crippen LogP contribution in [0.1, 0.15) is 412 Å². The third-order valence-electron chi connectivity index (χ3n) is 17.4. The number of hydrogen-bond donors (Lipinski definition) is 3. The van der Waals surface area contributed by atoms with Gasteiger partial charge < -0.3 is 20.3 Å². The zero-order chi connectivity index (χ0) is 59.2. The van der Waals surface area contributed by atoms with Gasteiger partial charge in [0.05, 0.1) is 25.4 Å². The molecule has 1 amide bonds. The fourth-order valence-electron chi connectivity index (χ4n) is 11.7. The van der Waals surface area contributed by atoms with Crippen LogP contribution in [0.5, 0.6) is 0 Å². The van der Waals surface area contributed by atoms with E-state index in [0.29, 0.717) is 19.4 Å². The highest BCUT2D eigenvalue weighted by atomic mass is 16.5. The highest BCUT2D eigenvalue weighted by molar-refractivity contribution is 5.76. The average Bonchev–Trinajstić information content (AvgIpc) is 3.48. The van der Waals surface area contributed by atoms with Gasteiger partial charge in [0.2, 0.25) is 5.91 Å². The molecule has 0 aliphatic heterocycles. The Kier molecular flexibility index (Phi) is 69.9. The van der Waals surface area contributed by atoms with Crippen molar-refractivity contribution in [2.24, 2.45) is 0 Å². The SMILES string of the molecule is CCCCCCCCCCCC/C=C/C(O)C(CO)NC(=O)CCCCCCCCCCCCCCCCCCC/C=C\C/C=C\CCCCCCCCCCCCCOC(=O)CCCCCCCCCCCCCCCCCCCC. The topological polar surface area (TPSA) is 95.9 Å². The first kappa shape index (κ1) is 80.1. The Morgan fingerprint density at radius 1 is 0.341 bits per heavy atom. The van der Waals surface area contributed by atoms with Gasteiger partial charge in [0.25, 0.3) is 0 Å². The molecule has 2 atom stereocenters. The van der Waals surface area contributed by atoms with Crippen molar-refractivity contribution >= 4 is 11.9 Å². The Hall–Kier alpha value is -1.92. The largest absolute Gasteiger partial charge is 0.466 e. The number of allylic oxidation sites excluding steroid dienone is 5. The lowest BCUT2D eigenvalue weighted by atomic mass is 10.0. The Balaban J connectivity index is 3.35. The summed E-state index contributed by atoms with van der Waals surface area (Å²) in [4.78, 5) is 24.6. The maximum absolute atomic E-state index is 12.5. The fourth-order valence-corrected chi connectivity index (χ4v) is 11.7. The summed E-state index contributed by atoms with van der Waals surface area (Å²) < 4.78 is 5.51. The molecule has 0 fully saturated rings. The van der Waals surface area contributed by atoms with E-state index in [1.165, 1.54) is 340 Å². The van der Waals surface area contributed by atoms with Crippen LogP contribution >= 0.6 is 0 Å². The molecule has 0 rings (SSSR count). The second-order valence-corrected chi connectivity index (χ2v) is 25.6. The molecule has 0 heterocycles. The van der Waals surface area contributed by atoms with Gasteiger partial charge in [0.15, 0.2) is 0 Å². The lowest BCUT2D eigenvalue weighted by Crippen LogP contribution is -2.45. The van der Waals surface area contributed by atoms with Crippen molar-refractivity contribution < 1.29 is 24.5 Å². The van der Waals surface area contributed by atoms with Crippen LogP contribution in [0, 0.1) is 0 Å². The molecule has 484 valence electrons. The van der Waals surface area contributed by atoms with Crippen LogP contribution in [0.3, 0.4) is 0 Å².